The van der Waals surface area contributed by atoms with Crippen LogP contribution in [0.5, 0.6) is 0 Å². The topological polar surface area (TPSA) is 29.1 Å². The summed E-state index contributed by atoms with van der Waals surface area (Å²) in [7, 11) is 0. The zero-order valence-electron chi connectivity index (χ0n) is 6.75. The van der Waals surface area contributed by atoms with Crippen molar-refractivity contribution in [2.45, 2.75) is 12.8 Å². The van der Waals surface area contributed by atoms with Crippen molar-refractivity contribution >= 4 is 22.1 Å². The van der Waals surface area contributed by atoms with Crippen molar-refractivity contribution in [1.29, 1.82) is 0 Å². The van der Waals surface area contributed by atoms with Gasteiger partial charge >= 0.3 is 0 Å². The molecule has 12 heavy (non-hydrogen) atoms. The van der Waals surface area contributed by atoms with Gasteiger partial charge in [0.25, 0.3) is 0 Å². The molecular weight excluding hydrogens is 218 g/mol. The lowest BCUT2D eigenvalue weighted by atomic mass is 10.0. The monoisotopic (exact) mass is 227 g/mol. The standard InChI is InChI=1S/C9H10BrNO/c1-7(9(12)11-10)8-5-3-2-4-6-8/h2-7H,1H3,(H,11,12). The molecule has 0 saturated heterocycles. The lowest BCUT2D eigenvalue weighted by molar-refractivity contribution is -0.120. The Morgan fingerprint density at radius 1 is 1.42 bits per heavy atom. The lowest BCUT2D eigenvalue weighted by Crippen LogP contribution is -2.18. The minimum absolute atomic E-state index is 0.0267. The maximum absolute atomic E-state index is 11.2. The fourth-order valence-corrected chi connectivity index (χ4v) is 1.32. The van der Waals surface area contributed by atoms with E-state index in [1.165, 1.54) is 0 Å². The van der Waals surface area contributed by atoms with Crippen LogP contribution in [0, 0.1) is 0 Å². The highest BCUT2D eigenvalue weighted by molar-refractivity contribution is 9.08. The first-order chi connectivity index (χ1) is 5.75. The van der Waals surface area contributed by atoms with Gasteiger partial charge in [0, 0.05) is 16.1 Å². The molecule has 0 aliphatic heterocycles. The highest BCUT2D eigenvalue weighted by atomic mass is 79.9. The fraction of sp³-hybridized carbons (Fsp3) is 0.222. The summed E-state index contributed by atoms with van der Waals surface area (Å²) in [5, 5.41) is 0. The molecule has 0 aliphatic carbocycles. The third-order valence-electron chi connectivity index (χ3n) is 1.79. The van der Waals surface area contributed by atoms with Gasteiger partial charge in [-0.1, -0.05) is 30.3 Å². The fourth-order valence-electron chi connectivity index (χ4n) is 0.975. The number of benzene rings is 1. The van der Waals surface area contributed by atoms with Gasteiger partial charge in [-0.05, 0) is 12.5 Å². The number of hydrogen-bond acceptors (Lipinski definition) is 1. The molecule has 1 amide bonds. The van der Waals surface area contributed by atoms with Gasteiger partial charge in [-0.2, -0.15) is 0 Å². The Bertz CT molecular complexity index is 260. The predicted molar refractivity (Wildman–Crippen MR) is 51.9 cm³/mol. The van der Waals surface area contributed by atoms with Gasteiger partial charge in [-0.25, -0.2) is 0 Å². The number of amides is 1. The van der Waals surface area contributed by atoms with Gasteiger partial charge < -0.3 is 0 Å². The van der Waals surface area contributed by atoms with E-state index in [-0.39, 0.29) is 11.8 Å². The average Bonchev–Trinajstić information content (AvgIpc) is 2.17. The molecule has 0 aliphatic rings. The molecule has 0 heterocycles. The zero-order valence-corrected chi connectivity index (χ0v) is 8.34. The summed E-state index contributed by atoms with van der Waals surface area (Å²) < 4.78 is 2.44. The molecule has 0 radical (unpaired) electrons. The van der Waals surface area contributed by atoms with Crippen LogP contribution in [0.25, 0.3) is 0 Å². The number of hydrogen-bond donors (Lipinski definition) is 1. The molecule has 1 unspecified atom stereocenters. The molecule has 64 valence electrons. The van der Waals surface area contributed by atoms with Crippen molar-refractivity contribution in [3.8, 4) is 0 Å². The Labute approximate surface area is 80.3 Å². The first-order valence-corrected chi connectivity index (χ1v) is 4.50. The third-order valence-corrected chi connectivity index (χ3v) is 2.18. The first kappa shape index (κ1) is 9.26. The van der Waals surface area contributed by atoms with Crippen molar-refractivity contribution in [2.24, 2.45) is 0 Å². The maximum atomic E-state index is 11.2. The van der Waals surface area contributed by atoms with Crippen LogP contribution in [-0.4, -0.2) is 5.91 Å². The van der Waals surface area contributed by atoms with Crippen molar-refractivity contribution in [2.75, 3.05) is 0 Å². The van der Waals surface area contributed by atoms with Gasteiger partial charge in [-0.15, -0.1) is 0 Å². The summed E-state index contributed by atoms with van der Waals surface area (Å²) >= 11 is 2.91. The molecule has 0 saturated carbocycles. The smallest absolute Gasteiger partial charge is 0.237 e. The minimum Gasteiger partial charge on any atom is -0.292 e. The molecule has 1 N–H and O–H groups in total. The highest BCUT2D eigenvalue weighted by Gasteiger charge is 2.12. The Morgan fingerprint density at radius 2 is 2.00 bits per heavy atom. The van der Waals surface area contributed by atoms with E-state index in [0.717, 1.165) is 5.56 Å². The molecule has 0 aromatic heterocycles. The van der Waals surface area contributed by atoms with E-state index in [9.17, 15) is 4.79 Å². The SMILES string of the molecule is CC(C(=O)NBr)c1ccccc1. The second-order valence-corrected chi connectivity index (χ2v) is 2.99. The Kier molecular flexibility index (Phi) is 3.29. The van der Waals surface area contributed by atoms with Gasteiger partial charge in [0.05, 0.1) is 5.92 Å². The molecule has 0 fully saturated rings. The van der Waals surface area contributed by atoms with Crippen LogP contribution < -0.4 is 4.34 Å². The van der Waals surface area contributed by atoms with Crippen LogP contribution in [0.4, 0.5) is 0 Å². The van der Waals surface area contributed by atoms with Crippen LogP contribution in [0.3, 0.4) is 0 Å². The summed E-state index contributed by atoms with van der Waals surface area (Å²) in [5.41, 5.74) is 1.02. The molecule has 1 aromatic carbocycles. The van der Waals surface area contributed by atoms with Crippen LogP contribution in [-0.2, 0) is 4.79 Å². The molecule has 0 spiro atoms. The first-order valence-electron chi connectivity index (χ1n) is 3.71. The van der Waals surface area contributed by atoms with Gasteiger partial charge in [0.15, 0.2) is 0 Å². The zero-order chi connectivity index (χ0) is 8.97. The van der Waals surface area contributed by atoms with Crippen LogP contribution in [0.1, 0.15) is 18.4 Å². The number of halogens is 1. The van der Waals surface area contributed by atoms with E-state index in [2.05, 4.69) is 20.5 Å². The Balaban J connectivity index is 2.78. The molecule has 1 atom stereocenters. The number of nitrogens with one attached hydrogen (secondary N) is 1. The lowest BCUT2D eigenvalue weighted by Gasteiger charge is -2.07. The van der Waals surface area contributed by atoms with Gasteiger partial charge in [0.1, 0.15) is 0 Å². The molecule has 1 rings (SSSR count). The van der Waals surface area contributed by atoms with E-state index in [0.29, 0.717) is 0 Å². The maximum Gasteiger partial charge on any atom is 0.237 e. The summed E-state index contributed by atoms with van der Waals surface area (Å²) in [6.07, 6.45) is 0. The van der Waals surface area contributed by atoms with E-state index in [1.54, 1.807) is 0 Å². The normalized spacial score (nSPS) is 12.2. The third kappa shape index (κ3) is 2.08. The molecule has 0 bridgehead atoms. The average molecular weight is 228 g/mol. The van der Waals surface area contributed by atoms with Crippen LogP contribution in [0.15, 0.2) is 30.3 Å². The summed E-state index contributed by atoms with van der Waals surface area (Å²) in [6, 6.07) is 9.66. The second kappa shape index (κ2) is 4.26. The van der Waals surface area contributed by atoms with Crippen molar-refractivity contribution in [3.05, 3.63) is 35.9 Å². The number of rotatable bonds is 2. The summed E-state index contributed by atoms with van der Waals surface area (Å²) in [4.78, 5) is 11.2. The van der Waals surface area contributed by atoms with Crippen molar-refractivity contribution < 1.29 is 4.79 Å². The van der Waals surface area contributed by atoms with Crippen LogP contribution >= 0.6 is 16.1 Å². The van der Waals surface area contributed by atoms with Crippen molar-refractivity contribution in [3.63, 3.8) is 0 Å². The molecule has 3 heteroatoms. The Morgan fingerprint density at radius 3 is 2.50 bits per heavy atom. The Hall–Kier alpha value is -0.830. The number of carbonyl (C=O) groups excluding carboxylic acids is 1. The largest absolute Gasteiger partial charge is 0.292 e. The van der Waals surface area contributed by atoms with E-state index < -0.39 is 0 Å². The summed E-state index contributed by atoms with van der Waals surface area (Å²) in [6.45, 7) is 1.87. The molecule has 2 nitrogen and oxygen atoms in total. The van der Waals surface area contributed by atoms with Crippen molar-refractivity contribution in [1.82, 2.24) is 4.34 Å². The van der Waals surface area contributed by atoms with Crippen LogP contribution in [0.2, 0.25) is 0 Å². The van der Waals surface area contributed by atoms with Gasteiger partial charge in [0.2, 0.25) is 5.91 Å². The van der Waals surface area contributed by atoms with E-state index >= 15 is 0 Å². The minimum atomic E-state index is -0.106. The quantitative estimate of drug-likeness (QED) is 0.772. The molecule has 1 aromatic rings. The molecular formula is C9H10BrNO. The van der Waals surface area contributed by atoms with E-state index in [1.807, 2.05) is 37.3 Å². The van der Waals surface area contributed by atoms with E-state index in [4.69, 9.17) is 0 Å². The highest BCUT2D eigenvalue weighted by Crippen LogP contribution is 2.14. The van der Waals surface area contributed by atoms with Gasteiger partial charge in [-0.3, -0.25) is 9.14 Å². The number of carbonyl (C=O) groups is 1. The second-order valence-electron chi connectivity index (χ2n) is 2.59. The predicted octanol–water partition coefficient (Wildman–Crippen LogP) is 2.22. The summed E-state index contributed by atoms with van der Waals surface area (Å²) in [5.74, 6) is -0.133.